The molecule has 1 amide bonds. The molecule has 0 spiro atoms. The van der Waals surface area contributed by atoms with E-state index in [1.54, 1.807) is 0 Å². The molecule has 0 fully saturated rings. The number of nitrogens with two attached hydrogens (primary N) is 1. The van der Waals surface area contributed by atoms with Crippen molar-refractivity contribution in [2.24, 2.45) is 5.73 Å². The van der Waals surface area contributed by atoms with E-state index in [1.165, 1.54) is 0 Å². The van der Waals surface area contributed by atoms with Crippen LogP contribution < -0.4 is 11.1 Å². The minimum Gasteiger partial charge on any atom is -0.355 e. The van der Waals surface area contributed by atoms with Crippen molar-refractivity contribution in [2.75, 3.05) is 19.3 Å². The van der Waals surface area contributed by atoms with Gasteiger partial charge in [-0.2, -0.15) is 0 Å². The van der Waals surface area contributed by atoms with Gasteiger partial charge >= 0.3 is 7.60 Å². The largest absolute Gasteiger partial charge is 0.355 e. The topological polar surface area (TPSA) is 113 Å². The third kappa shape index (κ3) is 7.68. The monoisotopic (exact) mass is 196 g/mol. The summed E-state index contributed by atoms with van der Waals surface area (Å²) >= 11 is 0. The Hall–Kier alpha value is -0.420. The summed E-state index contributed by atoms with van der Waals surface area (Å²) in [7, 11) is -3.99. The lowest BCUT2D eigenvalue weighted by Crippen LogP contribution is -2.28. The third-order valence-corrected chi connectivity index (χ3v) is 1.90. The molecule has 5 N–H and O–H groups in total. The molecular weight excluding hydrogens is 183 g/mol. The molecule has 0 aliphatic rings. The van der Waals surface area contributed by atoms with E-state index in [9.17, 15) is 9.36 Å². The summed E-state index contributed by atoms with van der Waals surface area (Å²) in [5, 5.41) is 2.33. The summed E-state index contributed by atoms with van der Waals surface area (Å²) in [6, 6.07) is 0. The van der Waals surface area contributed by atoms with Crippen molar-refractivity contribution < 1.29 is 19.1 Å². The fraction of sp³-hybridized carbons (Fsp3) is 0.800. The van der Waals surface area contributed by atoms with Crippen LogP contribution in [0.1, 0.15) is 6.42 Å². The third-order valence-electron chi connectivity index (χ3n) is 1.10. The summed E-state index contributed by atoms with van der Waals surface area (Å²) in [6.07, 6.45) is -0.148. The Labute approximate surface area is 70.3 Å². The SMILES string of the molecule is NCCC(=O)NCCP(=O)(O)O. The number of rotatable bonds is 5. The van der Waals surface area contributed by atoms with E-state index in [1.807, 2.05) is 0 Å². The van der Waals surface area contributed by atoms with Crippen molar-refractivity contribution in [1.29, 1.82) is 0 Å². The van der Waals surface area contributed by atoms with Crippen molar-refractivity contribution in [3.63, 3.8) is 0 Å². The molecular formula is C5H13N2O4P. The maximum Gasteiger partial charge on any atom is 0.327 e. The van der Waals surface area contributed by atoms with Crippen molar-refractivity contribution in [1.82, 2.24) is 5.32 Å². The van der Waals surface area contributed by atoms with Gasteiger partial charge in [0.2, 0.25) is 5.91 Å². The molecule has 6 nitrogen and oxygen atoms in total. The maximum absolute atomic E-state index is 10.7. The van der Waals surface area contributed by atoms with Crippen molar-refractivity contribution >= 4 is 13.5 Å². The van der Waals surface area contributed by atoms with Gasteiger partial charge in [0, 0.05) is 19.5 Å². The van der Waals surface area contributed by atoms with Crippen molar-refractivity contribution in [2.45, 2.75) is 6.42 Å². The van der Waals surface area contributed by atoms with E-state index in [0.29, 0.717) is 0 Å². The minimum atomic E-state index is -3.99. The standard InChI is InChI=1S/C5H13N2O4P/c6-2-1-5(8)7-3-4-12(9,10)11/h1-4,6H2,(H,7,8)(H2,9,10,11). The highest BCUT2D eigenvalue weighted by Crippen LogP contribution is 2.32. The van der Waals surface area contributed by atoms with Gasteiger partial charge in [-0.25, -0.2) is 0 Å². The van der Waals surface area contributed by atoms with Crippen LogP contribution in [0.3, 0.4) is 0 Å². The Morgan fingerprint density at radius 1 is 1.50 bits per heavy atom. The number of amides is 1. The van der Waals surface area contributed by atoms with E-state index >= 15 is 0 Å². The van der Waals surface area contributed by atoms with Crippen LogP contribution in [0.15, 0.2) is 0 Å². The summed E-state index contributed by atoms with van der Waals surface area (Å²) in [5.41, 5.74) is 5.07. The van der Waals surface area contributed by atoms with Gasteiger partial charge in [-0.3, -0.25) is 9.36 Å². The van der Waals surface area contributed by atoms with Crippen LogP contribution in [0.25, 0.3) is 0 Å². The molecule has 72 valence electrons. The molecule has 0 unspecified atom stereocenters. The van der Waals surface area contributed by atoms with E-state index in [4.69, 9.17) is 15.5 Å². The van der Waals surface area contributed by atoms with E-state index in [-0.39, 0.29) is 31.6 Å². The number of carbonyl (C=O) groups is 1. The molecule has 0 rings (SSSR count). The predicted molar refractivity (Wildman–Crippen MR) is 43.6 cm³/mol. The Morgan fingerprint density at radius 3 is 2.50 bits per heavy atom. The molecule has 0 saturated carbocycles. The molecule has 0 aliphatic heterocycles. The number of nitrogens with one attached hydrogen (secondary N) is 1. The van der Waals surface area contributed by atoms with Gasteiger partial charge in [0.1, 0.15) is 0 Å². The molecule has 0 bridgehead atoms. The van der Waals surface area contributed by atoms with Crippen molar-refractivity contribution in [3.8, 4) is 0 Å². The molecule has 0 aromatic heterocycles. The van der Waals surface area contributed by atoms with Gasteiger partial charge in [0.05, 0.1) is 6.16 Å². The highest BCUT2D eigenvalue weighted by atomic mass is 31.2. The average Bonchev–Trinajstić information content (AvgIpc) is 1.84. The molecule has 0 heterocycles. The fourth-order valence-corrected chi connectivity index (χ4v) is 0.964. The predicted octanol–water partition coefficient (Wildman–Crippen LogP) is -1.37. The van der Waals surface area contributed by atoms with Crippen LogP contribution in [-0.2, 0) is 9.36 Å². The average molecular weight is 196 g/mol. The Morgan fingerprint density at radius 2 is 2.08 bits per heavy atom. The van der Waals surface area contributed by atoms with E-state index in [2.05, 4.69) is 5.32 Å². The van der Waals surface area contributed by atoms with E-state index < -0.39 is 7.60 Å². The van der Waals surface area contributed by atoms with Gasteiger partial charge < -0.3 is 20.8 Å². The Kier molecular flexibility index (Phi) is 5.08. The van der Waals surface area contributed by atoms with Crippen LogP contribution in [0.4, 0.5) is 0 Å². The maximum atomic E-state index is 10.7. The lowest BCUT2D eigenvalue weighted by Gasteiger charge is -2.04. The fourth-order valence-electron chi connectivity index (χ4n) is 0.560. The number of carbonyl (C=O) groups excluding carboxylic acids is 1. The van der Waals surface area contributed by atoms with Crippen LogP contribution in [0.2, 0.25) is 0 Å². The smallest absolute Gasteiger partial charge is 0.327 e. The second kappa shape index (κ2) is 5.27. The number of hydrogen-bond acceptors (Lipinski definition) is 3. The molecule has 0 aliphatic carbocycles. The van der Waals surface area contributed by atoms with Gasteiger partial charge in [-0.05, 0) is 0 Å². The minimum absolute atomic E-state index is 0.0108. The summed E-state index contributed by atoms with van der Waals surface area (Å²) in [6.45, 7) is 0.227. The van der Waals surface area contributed by atoms with Crippen LogP contribution >= 0.6 is 7.60 Å². The van der Waals surface area contributed by atoms with Crippen LogP contribution in [0, 0.1) is 0 Å². The Balaban J connectivity index is 3.44. The lowest BCUT2D eigenvalue weighted by molar-refractivity contribution is -0.120. The zero-order valence-corrected chi connectivity index (χ0v) is 7.46. The molecule has 12 heavy (non-hydrogen) atoms. The first-order chi connectivity index (χ1) is 5.45. The summed E-state index contributed by atoms with van der Waals surface area (Å²) in [5.74, 6) is -0.286. The van der Waals surface area contributed by atoms with Gasteiger partial charge in [0.25, 0.3) is 0 Å². The summed E-state index contributed by atoms with van der Waals surface area (Å²) < 4.78 is 10.3. The lowest BCUT2D eigenvalue weighted by atomic mass is 10.4. The molecule has 7 heteroatoms. The molecule has 0 atom stereocenters. The summed E-state index contributed by atoms with van der Waals surface area (Å²) in [4.78, 5) is 27.5. The van der Waals surface area contributed by atoms with Gasteiger partial charge in [-0.1, -0.05) is 0 Å². The second-order valence-corrected chi connectivity index (χ2v) is 4.05. The zero-order valence-electron chi connectivity index (χ0n) is 6.56. The first-order valence-electron chi connectivity index (χ1n) is 3.47. The van der Waals surface area contributed by atoms with E-state index in [0.717, 1.165) is 0 Å². The quantitative estimate of drug-likeness (QED) is 0.405. The normalized spacial score (nSPS) is 11.2. The van der Waals surface area contributed by atoms with Gasteiger partial charge in [-0.15, -0.1) is 0 Å². The molecule has 0 aromatic rings. The van der Waals surface area contributed by atoms with Crippen molar-refractivity contribution in [3.05, 3.63) is 0 Å². The molecule has 0 aromatic carbocycles. The first-order valence-corrected chi connectivity index (χ1v) is 5.27. The first kappa shape index (κ1) is 11.6. The number of hydrogen-bond donors (Lipinski definition) is 4. The highest BCUT2D eigenvalue weighted by molar-refractivity contribution is 7.51. The Bertz CT molecular complexity index is 190. The van der Waals surface area contributed by atoms with Crippen LogP contribution in [0.5, 0.6) is 0 Å². The molecule has 0 radical (unpaired) electrons. The second-order valence-electron chi connectivity index (χ2n) is 2.28. The van der Waals surface area contributed by atoms with Gasteiger partial charge in [0.15, 0.2) is 0 Å². The van der Waals surface area contributed by atoms with Crippen LogP contribution in [-0.4, -0.2) is 34.9 Å². The highest BCUT2D eigenvalue weighted by Gasteiger charge is 2.12. The zero-order chi connectivity index (χ0) is 9.61. The molecule has 0 saturated heterocycles.